The molecule has 1 amide bonds. The number of carbonyl (C=O) groups excluding carboxylic acids is 1. The lowest BCUT2D eigenvalue weighted by molar-refractivity contribution is -0.114. The summed E-state index contributed by atoms with van der Waals surface area (Å²) in [5.74, 6) is 0.151. The van der Waals surface area contributed by atoms with Gasteiger partial charge in [-0.25, -0.2) is 13.1 Å². The van der Waals surface area contributed by atoms with Gasteiger partial charge in [0.2, 0.25) is 10.0 Å². The van der Waals surface area contributed by atoms with E-state index in [9.17, 15) is 13.2 Å². The number of benzene rings is 2. The predicted octanol–water partition coefficient (Wildman–Crippen LogP) is 5.25. The molecular weight excluding hydrogens is 501 g/mol. The van der Waals surface area contributed by atoms with Crippen molar-refractivity contribution in [1.29, 1.82) is 0 Å². The van der Waals surface area contributed by atoms with Gasteiger partial charge in [-0.05, 0) is 36.8 Å². The Labute approximate surface area is 211 Å². The van der Waals surface area contributed by atoms with E-state index < -0.39 is 15.9 Å². The number of amides is 1. The number of nitrogens with one attached hydrogen (secondary N) is 1. The van der Waals surface area contributed by atoms with Gasteiger partial charge in [0.15, 0.2) is 0 Å². The van der Waals surface area contributed by atoms with Crippen molar-refractivity contribution >= 4 is 45.2 Å². The van der Waals surface area contributed by atoms with Gasteiger partial charge in [-0.2, -0.15) is 0 Å². The van der Waals surface area contributed by atoms with Crippen LogP contribution in [0.5, 0.6) is 11.5 Å². The minimum absolute atomic E-state index is 0.0931. The number of hydrogen-bond donors (Lipinski definition) is 1. The van der Waals surface area contributed by atoms with Gasteiger partial charge in [-0.15, -0.1) is 0 Å². The molecule has 0 saturated heterocycles. The van der Waals surface area contributed by atoms with Gasteiger partial charge < -0.3 is 14.2 Å². The number of unbranched alkanes of at least 4 members (excludes halogenated alkanes) is 2. The lowest BCUT2D eigenvalue weighted by atomic mass is 10.1. The SMILES string of the molecule is CCCCCS(=O)(=O)NC(=O)C=Cc1ccc(OCCOC)cc1OCc1ccc(Cl)cc1Cl. The van der Waals surface area contributed by atoms with E-state index in [0.717, 1.165) is 24.5 Å². The van der Waals surface area contributed by atoms with Gasteiger partial charge in [-0.3, -0.25) is 4.79 Å². The number of carbonyl (C=O) groups is 1. The van der Waals surface area contributed by atoms with Crippen LogP contribution in [0.15, 0.2) is 42.5 Å². The molecule has 0 unspecified atom stereocenters. The van der Waals surface area contributed by atoms with Crippen LogP contribution in [0.2, 0.25) is 10.0 Å². The van der Waals surface area contributed by atoms with Crippen LogP contribution < -0.4 is 14.2 Å². The Balaban J connectivity index is 2.16. The first kappa shape index (κ1) is 28.0. The first-order chi connectivity index (χ1) is 16.2. The van der Waals surface area contributed by atoms with Crippen molar-refractivity contribution in [3.8, 4) is 11.5 Å². The monoisotopic (exact) mass is 529 g/mol. The first-order valence-electron chi connectivity index (χ1n) is 10.8. The summed E-state index contributed by atoms with van der Waals surface area (Å²) >= 11 is 12.2. The molecule has 186 valence electrons. The van der Waals surface area contributed by atoms with Crippen molar-refractivity contribution in [3.05, 3.63) is 63.6 Å². The van der Waals surface area contributed by atoms with Crippen LogP contribution in [-0.4, -0.2) is 40.4 Å². The molecule has 0 aliphatic rings. The van der Waals surface area contributed by atoms with Crippen molar-refractivity contribution in [2.45, 2.75) is 32.8 Å². The summed E-state index contributed by atoms with van der Waals surface area (Å²) < 4.78 is 42.7. The van der Waals surface area contributed by atoms with Gasteiger partial charge in [0.05, 0.1) is 12.4 Å². The van der Waals surface area contributed by atoms with Crippen LogP contribution >= 0.6 is 23.2 Å². The Bertz CT molecular complexity index is 1090. The summed E-state index contributed by atoms with van der Waals surface area (Å²) in [6, 6.07) is 10.2. The second kappa shape index (κ2) is 14.2. The number of methoxy groups -OCH3 is 1. The third-order valence-electron chi connectivity index (χ3n) is 4.63. The van der Waals surface area contributed by atoms with Gasteiger partial charge >= 0.3 is 0 Å². The highest BCUT2D eigenvalue weighted by molar-refractivity contribution is 7.90. The van der Waals surface area contributed by atoms with E-state index in [-0.39, 0.29) is 12.4 Å². The molecule has 0 heterocycles. The molecule has 10 heteroatoms. The van der Waals surface area contributed by atoms with E-state index in [1.165, 1.54) is 6.08 Å². The molecule has 0 aliphatic carbocycles. The summed E-state index contributed by atoms with van der Waals surface area (Å²) in [5.41, 5.74) is 1.28. The summed E-state index contributed by atoms with van der Waals surface area (Å²) in [6.45, 7) is 2.90. The minimum atomic E-state index is -3.68. The Morgan fingerprint density at radius 1 is 1.06 bits per heavy atom. The second-order valence-corrected chi connectivity index (χ2v) is 10.1. The van der Waals surface area contributed by atoms with Crippen molar-refractivity contribution in [3.63, 3.8) is 0 Å². The summed E-state index contributed by atoms with van der Waals surface area (Å²) in [6.07, 6.45) is 4.80. The van der Waals surface area contributed by atoms with Crippen LogP contribution in [-0.2, 0) is 26.2 Å². The normalized spacial score (nSPS) is 11.5. The highest BCUT2D eigenvalue weighted by Crippen LogP contribution is 2.29. The molecule has 0 saturated carbocycles. The van der Waals surface area contributed by atoms with E-state index in [1.807, 2.05) is 6.92 Å². The highest BCUT2D eigenvalue weighted by atomic mass is 35.5. The van der Waals surface area contributed by atoms with Crippen molar-refractivity contribution in [2.75, 3.05) is 26.1 Å². The molecule has 1 N–H and O–H groups in total. The van der Waals surface area contributed by atoms with Gasteiger partial charge in [-0.1, -0.05) is 49.0 Å². The van der Waals surface area contributed by atoms with Crippen LogP contribution in [0.25, 0.3) is 6.08 Å². The zero-order chi connectivity index (χ0) is 25.0. The largest absolute Gasteiger partial charge is 0.491 e. The molecule has 2 aromatic rings. The maximum atomic E-state index is 12.2. The van der Waals surface area contributed by atoms with Crippen LogP contribution in [0, 0.1) is 0 Å². The zero-order valence-corrected chi connectivity index (χ0v) is 21.5. The molecule has 0 aliphatic heterocycles. The fourth-order valence-corrected chi connectivity index (χ4v) is 4.37. The molecule has 0 atom stereocenters. The molecule has 0 bridgehead atoms. The average Bonchev–Trinajstić information content (AvgIpc) is 2.77. The predicted molar refractivity (Wildman–Crippen MR) is 135 cm³/mol. The highest BCUT2D eigenvalue weighted by Gasteiger charge is 2.13. The molecule has 2 aromatic carbocycles. The number of ether oxygens (including phenoxy) is 3. The summed E-state index contributed by atoms with van der Waals surface area (Å²) in [5, 5.41) is 0.978. The lowest BCUT2D eigenvalue weighted by Crippen LogP contribution is -2.31. The van der Waals surface area contributed by atoms with E-state index in [0.29, 0.717) is 46.7 Å². The van der Waals surface area contributed by atoms with Gasteiger partial charge in [0.25, 0.3) is 5.91 Å². The molecule has 7 nitrogen and oxygen atoms in total. The Morgan fingerprint density at radius 3 is 2.56 bits per heavy atom. The molecular formula is C24H29Cl2NO6S. The van der Waals surface area contributed by atoms with E-state index >= 15 is 0 Å². The standard InChI is InChI=1S/C24H29Cl2NO6S/c1-3-4-5-14-34(29,30)27-24(28)11-8-18-7-10-21(32-13-12-31-2)16-23(18)33-17-19-6-9-20(25)15-22(19)26/h6-11,15-16H,3-5,12-14,17H2,1-2H3,(H,27,28). The molecule has 34 heavy (non-hydrogen) atoms. The maximum absolute atomic E-state index is 12.2. The van der Waals surface area contributed by atoms with Crippen LogP contribution in [0.1, 0.15) is 37.3 Å². The number of sulfonamides is 1. The van der Waals surface area contributed by atoms with E-state index in [1.54, 1.807) is 43.5 Å². The summed E-state index contributed by atoms with van der Waals surface area (Å²) in [7, 11) is -2.10. The van der Waals surface area contributed by atoms with Gasteiger partial charge in [0, 0.05) is 40.4 Å². The maximum Gasteiger partial charge on any atom is 0.257 e. The van der Waals surface area contributed by atoms with E-state index in [4.69, 9.17) is 37.4 Å². The lowest BCUT2D eigenvalue weighted by Gasteiger charge is -2.13. The molecule has 0 spiro atoms. The molecule has 0 radical (unpaired) electrons. The number of halogens is 2. The second-order valence-electron chi connectivity index (χ2n) is 7.39. The molecule has 0 fully saturated rings. The molecule has 2 rings (SSSR count). The smallest absolute Gasteiger partial charge is 0.257 e. The van der Waals surface area contributed by atoms with Crippen LogP contribution in [0.4, 0.5) is 0 Å². The Morgan fingerprint density at radius 2 is 1.85 bits per heavy atom. The zero-order valence-electron chi connectivity index (χ0n) is 19.2. The third-order valence-corrected chi connectivity index (χ3v) is 6.55. The average molecular weight is 530 g/mol. The Hall–Kier alpha value is -2.26. The molecule has 0 aromatic heterocycles. The number of rotatable bonds is 14. The number of hydrogen-bond acceptors (Lipinski definition) is 6. The van der Waals surface area contributed by atoms with Crippen molar-refractivity contribution < 1.29 is 27.4 Å². The quantitative estimate of drug-likeness (QED) is 0.265. The fraction of sp³-hybridized carbons (Fsp3) is 0.375. The summed E-state index contributed by atoms with van der Waals surface area (Å²) in [4.78, 5) is 12.2. The van der Waals surface area contributed by atoms with Crippen LogP contribution in [0.3, 0.4) is 0 Å². The topological polar surface area (TPSA) is 90.9 Å². The van der Waals surface area contributed by atoms with Crippen molar-refractivity contribution in [1.82, 2.24) is 4.72 Å². The minimum Gasteiger partial charge on any atom is -0.491 e. The van der Waals surface area contributed by atoms with E-state index in [2.05, 4.69) is 4.72 Å². The van der Waals surface area contributed by atoms with Crippen molar-refractivity contribution in [2.24, 2.45) is 0 Å². The first-order valence-corrected chi connectivity index (χ1v) is 13.2. The van der Waals surface area contributed by atoms with Gasteiger partial charge in [0.1, 0.15) is 24.7 Å². The fourth-order valence-electron chi connectivity index (χ4n) is 2.85. The third kappa shape index (κ3) is 9.93. The Kier molecular flexibility index (Phi) is 11.7.